The summed E-state index contributed by atoms with van der Waals surface area (Å²) in [5, 5.41) is 3.40. The van der Waals surface area contributed by atoms with E-state index >= 15 is 0 Å². The van der Waals surface area contributed by atoms with Crippen molar-refractivity contribution in [3.8, 4) is 5.75 Å². The molecule has 2 atom stereocenters. The van der Waals surface area contributed by atoms with Crippen LogP contribution in [0.2, 0.25) is 0 Å². The fourth-order valence-electron chi connectivity index (χ4n) is 4.54. The van der Waals surface area contributed by atoms with E-state index < -0.39 is 15.6 Å². The quantitative estimate of drug-likeness (QED) is 0.560. The van der Waals surface area contributed by atoms with Crippen molar-refractivity contribution in [2.24, 2.45) is 0 Å². The lowest BCUT2D eigenvalue weighted by Crippen LogP contribution is -2.55. The van der Waals surface area contributed by atoms with Crippen molar-refractivity contribution >= 4 is 16.3 Å². The van der Waals surface area contributed by atoms with Gasteiger partial charge in [0.1, 0.15) is 5.75 Å². The summed E-state index contributed by atoms with van der Waals surface area (Å²) in [6.07, 6.45) is 7.90. The Morgan fingerprint density at radius 2 is 1.87 bits per heavy atom. The van der Waals surface area contributed by atoms with Crippen LogP contribution in [0.15, 0.2) is 24.3 Å². The zero-order valence-electron chi connectivity index (χ0n) is 18.8. The van der Waals surface area contributed by atoms with Crippen LogP contribution in [0.25, 0.3) is 0 Å². The first kappa shape index (κ1) is 24.2. The van der Waals surface area contributed by atoms with Gasteiger partial charge in [0.15, 0.2) is 11.9 Å². The van der Waals surface area contributed by atoms with E-state index in [4.69, 9.17) is 9.47 Å². The van der Waals surface area contributed by atoms with Gasteiger partial charge in [0.05, 0.1) is 19.0 Å². The van der Waals surface area contributed by atoms with Gasteiger partial charge in [-0.05, 0) is 76.5 Å². The molecule has 0 radical (unpaired) electrons. The SMILES string of the molecule is CC(C)(C=O)Oc1ccccc1C1CCC(OC[C@@H]2NCCC[C@@H]2NS(C)(=O)=O)CC1. The molecule has 1 saturated heterocycles. The van der Waals surface area contributed by atoms with Crippen LogP contribution in [0, 0.1) is 0 Å². The van der Waals surface area contributed by atoms with Gasteiger partial charge >= 0.3 is 0 Å². The largest absolute Gasteiger partial charge is 0.480 e. The molecule has 0 bridgehead atoms. The predicted molar refractivity (Wildman–Crippen MR) is 121 cm³/mol. The van der Waals surface area contributed by atoms with Crippen molar-refractivity contribution in [2.75, 3.05) is 19.4 Å². The lowest BCUT2D eigenvalue weighted by molar-refractivity contribution is -0.119. The van der Waals surface area contributed by atoms with Crippen LogP contribution in [0.4, 0.5) is 0 Å². The number of hydrogen-bond acceptors (Lipinski definition) is 6. The second-order valence-electron chi connectivity index (χ2n) is 9.37. The summed E-state index contributed by atoms with van der Waals surface area (Å²) in [5.41, 5.74) is 0.308. The second kappa shape index (κ2) is 10.4. The van der Waals surface area contributed by atoms with Gasteiger partial charge in [-0.2, -0.15) is 0 Å². The number of rotatable bonds is 9. The average Bonchev–Trinajstić information content (AvgIpc) is 2.73. The second-order valence-corrected chi connectivity index (χ2v) is 11.1. The number of para-hydroxylation sites is 1. The molecule has 2 N–H and O–H groups in total. The zero-order valence-corrected chi connectivity index (χ0v) is 19.6. The third-order valence-corrected chi connectivity index (χ3v) is 6.88. The summed E-state index contributed by atoms with van der Waals surface area (Å²) >= 11 is 0. The Morgan fingerprint density at radius 3 is 2.55 bits per heavy atom. The molecule has 1 aliphatic heterocycles. The topological polar surface area (TPSA) is 93.7 Å². The molecule has 7 nitrogen and oxygen atoms in total. The molecule has 0 unspecified atom stereocenters. The molecule has 1 aromatic carbocycles. The van der Waals surface area contributed by atoms with E-state index in [1.165, 1.54) is 6.26 Å². The number of carbonyl (C=O) groups excluding carboxylic acids is 1. The van der Waals surface area contributed by atoms with E-state index in [0.717, 1.165) is 62.7 Å². The highest BCUT2D eigenvalue weighted by Crippen LogP contribution is 2.39. The number of carbonyl (C=O) groups is 1. The molecule has 2 aliphatic rings. The van der Waals surface area contributed by atoms with Gasteiger partial charge < -0.3 is 14.8 Å². The van der Waals surface area contributed by atoms with Crippen molar-refractivity contribution in [2.45, 2.75) is 82.1 Å². The molecule has 1 aliphatic carbocycles. The van der Waals surface area contributed by atoms with Crippen molar-refractivity contribution in [1.29, 1.82) is 0 Å². The van der Waals surface area contributed by atoms with Crippen LogP contribution in [-0.4, -0.2) is 57.9 Å². The molecule has 8 heteroatoms. The Kier molecular flexibility index (Phi) is 8.13. The van der Waals surface area contributed by atoms with Crippen molar-refractivity contribution in [1.82, 2.24) is 10.0 Å². The van der Waals surface area contributed by atoms with Crippen LogP contribution < -0.4 is 14.8 Å². The van der Waals surface area contributed by atoms with E-state index in [1.54, 1.807) is 13.8 Å². The summed E-state index contributed by atoms with van der Waals surface area (Å²) in [5.74, 6) is 1.16. The molecule has 0 aromatic heterocycles. The number of sulfonamides is 1. The van der Waals surface area contributed by atoms with Gasteiger partial charge in [-0.25, -0.2) is 13.1 Å². The first-order chi connectivity index (χ1) is 14.7. The van der Waals surface area contributed by atoms with Gasteiger partial charge in [0.2, 0.25) is 10.0 Å². The first-order valence-corrected chi connectivity index (χ1v) is 13.1. The highest BCUT2D eigenvalue weighted by molar-refractivity contribution is 7.88. The monoisotopic (exact) mass is 452 g/mol. The number of hydrogen-bond donors (Lipinski definition) is 2. The standard InChI is InChI=1S/C23H36N2O5S/c1-23(2,16-26)30-22-9-5-4-7-19(22)17-10-12-18(13-11-17)29-15-21-20(8-6-14-24-21)25-31(3,27)28/h4-5,7,9,16-18,20-21,24-25H,6,8,10-15H2,1-3H3/t17?,18?,20-,21-/m0/s1. The van der Waals surface area contributed by atoms with Crippen LogP contribution >= 0.6 is 0 Å². The summed E-state index contributed by atoms with van der Waals surface area (Å²) in [6.45, 7) is 4.94. The van der Waals surface area contributed by atoms with E-state index in [0.29, 0.717) is 12.5 Å². The van der Waals surface area contributed by atoms with Crippen LogP contribution in [0.1, 0.15) is 63.9 Å². The number of benzene rings is 1. The fourth-order valence-corrected chi connectivity index (χ4v) is 5.37. The highest BCUT2D eigenvalue weighted by Gasteiger charge is 2.30. The van der Waals surface area contributed by atoms with Gasteiger partial charge in [-0.15, -0.1) is 0 Å². The smallest absolute Gasteiger partial charge is 0.209 e. The van der Waals surface area contributed by atoms with Gasteiger partial charge in [0, 0.05) is 12.1 Å². The minimum Gasteiger partial charge on any atom is -0.480 e. The third kappa shape index (κ3) is 7.27. The molecule has 1 saturated carbocycles. The lowest BCUT2D eigenvalue weighted by atomic mass is 9.82. The molecule has 174 valence electrons. The predicted octanol–water partition coefficient (Wildman–Crippen LogP) is 2.76. The van der Waals surface area contributed by atoms with Gasteiger partial charge in [-0.1, -0.05) is 18.2 Å². The number of piperidine rings is 1. The third-order valence-electron chi connectivity index (χ3n) is 6.15. The van der Waals surface area contributed by atoms with Crippen LogP contribution in [0.3, 0.4) is 0 Å². The first-order valence-electron chi connectivity index (χ1n) is 11.2. The average molecular weight is 453 g/mol. The maximum Gasteiger partial charge on any atom is 0.209 e. The van der Waals surface area contributed by atoms with Crippen LogP contribution in [-0.2, 0) is 19.6 Å². The minimum atomic E-state index is -3.24. The van der Waals surface area contributed by atoms with Gasteiger partial charge in [-0.3, -0.25) is 4.79 Å². The normalized spacial score (nSPS) is 27.6. The number of nitrogens with one attached hydrogen (secondary N) is 2. The van der Waals surface area contributed by atoms with E-state index in [2.05, 4.69) is 16.1 Å². The molecular formula is C23H36N2O5S. The summed E-state index contributed by atoms with van der Waals surface area (Å²) in [6, 6.07) is 7.86. The van der Waals surface area contributed by atoms with Crippen molar-refractivity contribution < 1.29 is 22.7 Å². The lowest BCUT2D eigenvalue weighted by Gasteiger charge is -2.35. The molecule has 0 spiro atoms. The molecule has 2 fully saturated rings. The highest BCUT2D eigenvalue weighted by atomic mass is 32.2. The summed E-state index contributed by atoms with van der Waals surface area (Å²) in [7, 11) is -3.24. The van der Waals surface area contributed by atoms with Crippen LogP contribution in [0.5, 0.6) is 5.75 Å². The van der Waals surface area contributed by atoms with E-state index in [9.17, 15) is 13.2 Å². The van der Waals surface area contributed by atoms with E-state index in [-0.39, 0.29) is 18.2 Å². The Morgan fingerprint density at radius 1 is 1.16 bits per heavy atom. The molecule has 31 heavy (non-hydrogen) atoms. The van der Waals surface area contributed by atoms with Crippen molar-refractivity contribution in [3.63, 3.8) is 0 Å². The zero-order chi connectivity index (χ0) is 22.5. The van der Waals surface area contributed by atoms with E-state index in [1.807, 2.05) is 18.2 Å². The maximum atomic E-state index is 11.6. The Balaban J connectivity index is 1.53. The summed E-state index contributed by atoms with van der Waals surface area (Å²) in [4.78, 5) is 11.3. The Bertz CT molecular complexity index is 834. The van der Waals surface area contributed by atoms with Crippen molar-refractivity contribution in [3.05, 3.63) is 29.8 Å². The number of aldehydes is 1. The molecule has 1 aromatic rings. The molecule has 1 heterocycles. The maximum absolute atomic E-state index is 11.6. The Hall–Kier alpha value is -1.48. The Labute approximate surface area is 186 Å². The molecular weight excluding hydrogens is 416 g/mol. The molecule has 0 amide bonds. The van der Waals surface area contributed by atoms with Gasteiger partial charge in [0.25, 0.3) is 0 Å². The minimum absolute atomic E-state index is 0.000831. The fraction of sp³-hybridized carbons (Fsp3) is 0.696. The summed E-state index contributed by atoms with van der Waals surface area (Å²) < 4.78 is 38.2. The molecule has 3 rings (SSSR count). The number of ether oxygens (including phenoxy) is 2.